The summed E-state index contributed by atoms with van der Waals surface area (Å²) in [6.07, 6.45) is 1.97. The standard InChI is InChI=1S/C17H25ClFN/c1-15(2,3)20-11-17(9-16(4,5)10-17)12-7-6-8-13(18)14(12)19/h6-8,20H,9-11H2,1-5H3. The summed E-state index contributed by atoms with van der Waals surface area (Å²) in [5, 5.41) is 3.76. The normalized spacial score (nSPS) is 20.6. The molecule has 1 aliphatic carbocycles. The number of hydrogen-bond donors (Lipinski definition) is 1. The molecule has 3 heteroatoms. The minimum atomic E-state index is -0.250. The molecule has 0 bridgehead atoms. The van der Waals surface area contributed by atoms with Crippen LogP contribution in [0.15, 0.2) is 18.2 Å². The van der Waals surface area contributed by atoms with Crippen LogP contribution < -0.4 is 5.32 Å². The molecule has 1 nitrogen and oxygen atoms in total. The lowest BCUT2D eigenvalue weighted by molar-refractivity contribution is 0.0486. The van der Waals surface area contributed by atoms with Crippen LogP contribution in [0.25, 0.3) is 0 Å². The molecule has 0 spiro atoms. The van der Waals surface area contributed by atoms with Gasteiger partial charge in [-0.3, -0.25) is 0 Å². The average molecular weight is 298 g/mol. The predicted molar refractivity (Wildman–Crippen MR) is 83.9 cm³/mol. The molecule has 0 aromatic heterocycles. The Morgan fingerprint density at radius 2 is 1.85 bits per heavy atom. The van der Waals surface area contributed by atoms with Gasteiger partial charge in [-0.25, -0.2) is 4.39 Å². The van der Waals surface area contributed by atoms with Gasteiger partial charge in [0, 0.05) is 17.5 Å². The first-order chi connectivity index (χ1) is 9.05. The summed E-state index contributed by atoms with van der Waals surface area (Å²) in [6, 6.07) is 5.36. The van der Waals surface area contributed by atoms with Crippen molar-refractivity contribution in [3.05, 3.63) is 34.6 Å². The second-order valence-corrected chi connectivity index (χ2v) is 8.41. The van der Waals surface area contributed by atoms with E-state index in [1.165, 1.54) is 0 Å². The van der Waals surface area contributed by atoms with Gasteiger partial charge >= 0.3 is 0 Å². The van der Waals surface area contributed by atoms with Crippen LogP contribution in [0.5, 0.6) is 0 Å². The molecule has 2 rings (SSSR count). The predicted octanol–water partition coefficient (Wildman–Crippen LogP) is 4.93. The summed E-state index contributed by atoms with van der Waals surface area (Å²) >= 11 is 5.97. The third-order valence-electron chi connectivity index (χ3n) is 4.11. The van der Waals surface area contributed by atoms with E-state index >= 15 is 0 Å². The molecule has 20 heavy (non-hydrogen) atoms. The molecule has 0 amide bonds. The zero-order valence-electron chi connectivity index (χ0n) is 13.1. The van der Waals surface area contributed by atoms with Gasteiger partial charge in [0.05, 0.1) is 5.02 Å². The van der Waals surface area contributed by atoms with Crippen molar-refractivity contribution in [2.45, 2.75) is 58.4 Å². The first-order valence-electron chi connectivity index (χ1n) is 7.24. The Morgan fingerprint density at radius 1 is 1.25 bits per heavy atom. The van der Waals surface area contributed by atoms with Crippen LogP contribution in [0.2, 0.25) is 5.02 Å². The molecule has 1 saturated carbocycles. The van der Waals surface area contributed by atoms with Gasteiger partial charge in [0.25, 0.3) is 0 Å². The number of nitrogens with one attached hydrogen (secondary N) is 1. The van der Waals surface area contributed by atoms with Gasteiger partial charge < -0.3 is 5.32 Å². The van der Waals surface area contributed by atoms with Crippen molar-refractivity contribution in [3.8, 4) is 0 Å². The highest BCUT2D eigenvalue weighted by Gasteiger charge is 2.51. The number of hydrogen-bond acceptors (Lipinski definition) is 1. The fraction of sp³-hybridized carbons (Fsp3) is 0.647. The fourth-order valence-electron chi connectivity index (χ4n) is 3.54. The highest BCUT2D eigenvalue weighted by Crippen LogP contribution is 2.56. The Labute approximate surface area is 126 Å². The summed E-state index contributed by atoms with van der Waals surface area (Å²) in [7, 11) is 0. The van der Waals surface area contributed by atoms with Gasteiger partial charge in [0.1, 0.15) is 5.82 Å². The average Bonchev–Trinajstić information content (AvgIpc) is 2.26. The lowest BCUT2D eigenvalue weighted by Crippen LogP contribution is -2.55. The molecule has 0 heterocycles. The van der Waals surface area contributed by atoms with Crippen molar-refractivity contribution in [2.75, 3.05) is 6.54 Å². The fourth-order valence-corrected chi connectivity index (χ4v) is 3.71. The van der Waals surface area contributed by atoms with Crippen LogP contribution in [-0.4, -0.2) is 12.1 Å². The van der Waals surface area contributed by atoms with E-state index in [9.17, 15) is 4.39 Å². The lowest BCUT2D eigenvalue weighted by atomic mass is 9.51. The molecule has 0 saturated heterocycles. The second-order valence-electron chi connectivity index (χ2n) is 8.00. The van der Waals surface area contributed by atoms with Crippen molar-refractivity contribution in [3.63, 3.8) is 0 Å². The quantitative estimate of drug-likeness (QED) is 0.834. The van der Waals surface area contributed by atoms with Crippen LogP contribution >= 0.6 is 11.6 Å². The largest absolute Gasteiger partial charge is 0.311 e. The number of rotatable bonds is 3. The van der Waals surface area contributed by atoms with Crippen molar-refractivity contribution in [1.29, 1.82) is 0 Å². The Balaban J connectivity index is 2.31. The first kappa shape index (κ1) is 15.8. The molecule has 0 atom stereocenters. The minimum absolute atomic E-state index is 0.0295. The monoisotopic (exact) mass is 297 g/mol. The van der Waals surface area contributed by atoms with E-state index in [4.69, 9.17) is 11.6 Å². The first-order valence-corrected chi connectivity index (χ1v) is 7.62. The SMILES string of the molecule is CC1(C)CC(CNC(C)(C)C)(c2cccc(Cl)c2F)C1. The summed E-state index contributed by atoms with van der Waals surface area (Å²) in [5.74, 6) is -0.250. The summed E-state index contributed by atoms with van der Waals surface area (Å²) < 4.78 is 14.4. The maximum Gasteiger partial charge on any atom is 0.145 e. The maximum atomic E-state index is 14.4. The molecule has 0 aliphatic heterocycles. The smallest absolute Gasteiger partial charge is 0.145 e. The highest BCUT2D eigenvalue weighted by atomic mass is 35.5. The highest BCUT2D eigenvalue weighted by molar-refractivity contribution is 6.30. The van der Waals surface area contributed by atoms with Crippen molar-refractivity contribution >= 4 is 11.6 Å². The van der Waals surface area contributed by atoms with Gasteiger partial charge in [-0.1, -0.05) is 37.6 Å². The van der Waals surface area contributed by atoms with Crippen LogP contribution in [0, 0.1) is 11.2 Å². The molecular formula is C17H25ClFN. The van der Waals surface area contributed by atoms with E-state index < -0.39 is 0 Å². The van der Waals surface area contributed by atoms with E-state index in [2.05, 4.69) is 39.9 Å². The molecule has 1 aromatic rings. The minimum Gasteiger partial charge on any atom is -0.311 e. The Morgan fingerprint density at radius 3 is 2.35 bits per heavy atom. The topological polar surface area (TPSA) is 12.0 Å². The van der Waals surface area contributed by atoms with Crippen LogP contribution in [0.4, 0.5) is 4.39 Å². The molecule has 0 unspecified atom stereocenters. The Hall–Kier alpha value is -0.600. The third-order valence-corrected chi connectivity index (χ3v) is 4.41. The van der Waals surface area contributed by atoms with Crippen LogP contribution in [-0.2, 0) is 5.41 Å². The van der Waals surface area contributed by atoms with Crippen LogP contribution in [0.1, 0.15) is 53.0 Å². The summed E-state index contributed by atoms with van der Waals surface area (Å²) in [5.41, 5.74) is 0.933. The van der Waals surface area contributed by atoms with Crippen molar-refractivity contribution < 1.29 is 4.39 Å². The summed E-state index contributed by atoms with van der Waals surface area (Å²) in [6.45, 7) is 11.7. The molecule has 1 aliphatic rings. The summed E-state index contributed by atoms with van der Waals surface area (Å²) in [4.78, 5) is 0. The van der Waals surface area contributed by atoms with Crippen molar-refractivity contribution in [1.82, 2.24) is 5.32 Å². The van der Waals surface area contributed by atoms with E-state index in [0.717, 1.165) is 24.9 Å². The van der Waals surface area contributed by atoms with Gasteiger partial charge in [0.2, 0.25) is 0 Å². The second kappa shape index (κ2) is 4.99. The van der Waals surface area contributed by atoms with Gasteiger partial charge in [-0.15, -0.1) is 0 Å². The Kier molecular flexibility index (Phi) is 3.94. The molecule has 0 radical (unpaired) electrons. The lowest BCUT2D eigenvalue weighted by Gasteiger charge is -2.54. The third kappa shape index (κ3) is 3.17. The Bertz CT molecular complexity index is 494. The van der Waals surface area contributed by atoms with Crippen LogP contribution in [0.3, 0.4) is 0 Å². The van der Waals surface area contributed by atoms with Gasteiger partial charge in [-0.2, -0.15) is 0 Å². The molecule has 1 fully saturated rings. The number of benzene rings is 1. The molecular weight excluding hydrogens is 273 g/mol. The van der Waals surface area contributed by atoms with Crippen molar-refractivity contribution in [2.24, 2.45) is 5.41 Å². The van der Waals surface area contributed by atoms with E-state index in [-0.39, 0.29) is 27.2 Å². The zero-order valence-corrected chi connectivity index (χ0v) is 13.9. The molecule has 1 N–H and O–H groups in total. The molecule has 112 valence electrons. The molecule has 1 aromatic carbocycles. The number of halogens is 2. The van der Waals surface area contributed by atoms with Gasteiger partial charge in [0.15, 0.2) is 0 Å². The zero-order chi connectivity index (χ0) is 15.2. The maximum absolute atomic E-state index is 14.4. The van der Waals surface area contributed by atoms with E-state index in [1.807, 2.05) is 12.1 Å². The van der Waals surface area contributed by atoms with Gasteiger partial charge in [-0.05, 0) is 50.7 Å². The van der Waals surface area contributed by atoms with E-state index in [1.54, 1.807) is 6.07 Å². The van der Waals surface area contributed by atoms with E-state index in [0.29, 0.717) is 0 Å².